The van der Waals surface area contributed by atoms with Crippen LogP contribution in [0.3, 0.4) is 0 Å². The molecule has 0 amide bonds. The number of carbonyl (C=O) groups excluding carboxylic acids is 1. The van der Waals surface area contributed by atoms with Crippen molar-refractivity contribution in [1.29, 1.82) is 0 Å². The second kappa shape index (κ2) is 10.7. The summed E-state index contributed by atoms with van der Waals surface area (Å²) in [6, 6.07) is 7.91. The molecule has 4 rings (SSSR count). The van der Waals surface area contributed by atoms with Crippen LogP contribution in [-0.4, -0.2) is 52.9 Å². The highest BCUT2D eigenvalue weighted by Gasteiger charge is 2.39. The third-order valence-electron chi connectivity index (χ3n) is 6.02. The van der Waals surface area contributed by atoms with Gasteiger partial charge in [-0.1, -0.05) is 27.7 Å². The summed E-state index contributed by atoms with van der Waals surface area (Å²) in [6.07, 6.45) is -2.48. The minimum Gasteiger partial charge on any atom is -0.493 e. The van der Waals surface area contributed by atoms with Crippen molar-refractivity contribution in [2.24, 2.45) is 0 Å². The minimum absolute atomic E-state index is 0.0763. The van der Waals surface area contributed by atoms with Crippen molar-refractivity contribution in [2.75, 3.05) is 26.8 Å². The zero-order valence-corrected chi connectivity index (χ0v) is 20.9. The Morgan fingerprint density at radius 1 is 1.23 bits per heavy atom. The van der Waals surface area contributed by atoms with Crippen LogP contribution in [0.1, 0.15) is 41.2 Å². The average Bonchev–Trinajstić information content (AvgIpc) is 3.24. The molecule has 2 heterocycles. The summed E-state index contributed by atoms with van der Waals surface area (Å²) >= 11 is 2.40. The fraction of sp³-hybridized carbons (Fsp3) is 0.417. The van der Waals surface area contributed by atoms with Gasteiger partial charge in [-0.15, -0.1) is 0 Å². The van der Waals surface area contributed by atoms with E-state index in [0.29, 0.717) is 18.6 Å². The monoisotopic (exact) mass is 606 g/mol. The molecule has 0 aliphatic carbocycles. The number of ketones is 1. The van der Waals surface area contributed by atoms with E-state index in [1.54, 1.807) is 6.07 Å². The molecule has 3 aromatic rings. The van der Waals surface area contributed by atoms with Gasteiger partial charge in [0.15, 0.2) is 17.1 Å². The third-order valence-corrected chi connectivity index (χ3v) is 7.32. The van der Waals surface area contributed by atoms with Gasteiger partial charge in [0.25, 0.3) is 5.78 Å². The van der Waals surface area contributed by atoms with E-state index in [2.05, 4.69) is 32.6 Å². The molecule has 2 unspecified atom stereocenters. The number of hydrogen-bond donors (Lipinski definition) is 0. The molecule has 0 spiro atoms. The molecule has 1 saturated heterocycles. The number of alkyl halides is 4. The average molecular weight is 606 g/mol. The summed E-state index contributed by atoms with van der Waals surface area (Å²) in [5.74, 6) is -1.70. The first-order valence-corrected chi connectivity index (χ1v) is 12.3. The fourth-order valence-electron chi connectivity index (χ4n) is 4.23. The highest BCUT2D eigenvalue weighted by molar-refractivity contribution is 14.1. The number of methoxy groups -OCH3 is 1. The van der Waals surface area contributed by atoms with Crippen LogP contribution < -0.4 is 9.47 Å². The lowest BCUT2D eigenvalue weighted by molar-refractivity contribution is -0.0885. The van der Waals surface area contributed by atoms with Crippen molar-refractivity contribution in [1.82, 2.24) is 10.1 Å². The van der Waals surface area contributed by atoms with Crippen LogP contribution in [0.2, 0.25) is 0 Å². The first-order chi connectivity index (χ1) is 16.7. The summed E-state index contributed by atoms with van der Waals surface area (Å²) in [5, 5.41) is 5.04. The van der Waals surface area contributed by atoms with E-state index in [0.717, 1.165) is 49.1 Å². The smallest absolute Gasteiger partial charge is 0.454 e. The number of piperidine rings is 1. The van der Waals surface area contributed by atoms with E-state index >= 15 is 0 Å². The minimum atomic E-state index is -4.95. The molecule has 1 aromatic heterocycles. The zero-order valence-electron chi connectivity index (χ0n) is 18.8. The van der Waals surface area contributed by atoms with Gasteiger partial charge in [0.1, 0.15) is 5.82 Å². The van der Waals surface area contributed by atoms with Crippen LogP contribution in [0, 0.1) is 5.82 Å². The topological polar surface area (TPSA) is 64.8 Å². The molecule has 0 radical (unpaired) electrons. The second-order valence-corrected chi connectivity index (χ2v) is 9.73. The Morgan fingerprint density at radius 2 is 2.03 bits per heavy atom. The number of hydrogen-bond acceptors (Lipinski definition) is 6. The van der Waals surface area contributed by atoms with Gasteiger partial charge in [0, 0.05) is 29.5 Å². The van der Waals surface area contributed by atoms with Crippen molar-refractivity contribution < 1.29 is 36.4 Å². The SMILES string of the molecule is COc1cc(C(=O)C(F)(F)F)ccc1OCCCN1CCC(c2noc3cc(F)ccc23)CC1I. The van der Waals surface area contributed by atoms with Crippen molar-refractivity contribution in [2.45, 2.75) is 35.4 Å². The van der Waals surface area contributed by atoms with E-state index in [4.69, 9.17) is 14.0 Å². The molecule has 2 aromatic carbocycles. The summed E-state index contributed by atoms with van der Waals surface area (Å²) in [5.41, 5.74) is 0.822. The molecular weight excluding hydrogens is 583 g/mol. The Kier molecular flexibility index (Phi) is 7.84. The van der Waals surface area contributed by atoms with Gasteiger partial charge in [0.2, 0.25) is 0 Å². The molecule has 2 atom stereocenters. The maximum Gasteiger partial charge on any atom is 0.454 e. The lowest BCUT2D eigenvalue weighted by Crippen LogP contribution is -2.39. The Morgan fingerprint density at radius 3 is 2.74 bits per heavy atom. The maximum atomic E-state index is 13.4. The third kappa shape index (κ3) is 5.88. The normalized spacial score (nSPS) is 19.1. The Labute approximate surface area is 212 Å². The van der Waals surface area contributed by atoms with Gasteiger partial charge in [-0.05, 0) is 56.1 Å². The molecule has 1 fully saturated rings. The van der Waals surface area contributed by atoms with E-state index < -0.39 is 17.5 Å². The predicted octanol–water partition coefficient (Wildman–Crippen LogP) is 6.13. The molecule has 0 N–H and O–H groups in total. The second-order valence-electron chi connectivity index (χ2n) is 8.29. The molecule has 188 valence electrons. The summed E-state index contributed by atoms with van der Waals surface area (Å²) in [7, 11) is 1.31. The van der Waals surface area contributed by atoms with Gasteiger partial charge < -0.3 is 14.0 Å². The van der Waals surface area contributed by atoms with E-state index in [-0.39, 0.29) is 27.3 Å². The van der Waals surface area contributed by atoms with Gasteiger partial charge in [-0.3, -0.25) is 9.69 Å². The maximum absolute atomic E-state index is 13.4. The number of Topliss-reactive ketones (excluding diaryl/α,β-unsaturated/α-hetero) is 1. The standard InChI is InChI=1S/C24H23F4IN2O4/c1-33-20-11-15(23(32)24(26,27)28)3-6-18(20)34-10-2-8-31-9-7-14(12-21(31)29)22-17-5-4-16(25)13-19(17)35-30-22/h3-6,11,13-14,21H,2,7-10,12H2,1H3. The molecule has 1 aliphatic rings. The quantitative estimate of drug-likeness (QED) is 0.0768. The van der Waals surface area contributed by atoms with Gasteiger partial charge in [-0.2, -0.15) is 13.2 Å². The van der Waals surface area contributed by atoms with E-state index in [1.807, 2.05) is 0 Å². The van der Waals surface area contributed by atoms with Crippen LogP contribution in [0.25, 0.3) is 11.0 Å². The fourth-order valence-corrected chi connectivity index (χ4v) is 5.40. The summed E-state index contributed by atoms with van der Waals surface area (Å²) in [4.78, 5) is 13.8. The van der Waals surface area contributed by atoms with E-state index in [9.17, 15) is 22.4 Å². The Hall–Kier alpha value is -2.41. The molecule has 11 heteroatoms. The Balaban J connectivity index is 1.28. The number of halogens is 5. The number of rotatable bonds is 8. The van der Waals surface area contributed by atoms with Crippen LogP contribution in [0.4, 0.5) is 17.6 Å². The Bertz CT molecular complexity index is 1200. The number of likely N-dealkylation sites (tertiary alicyclic amines) is 1. The first-order valence-electron chi connectivity index (χ1n) is 11.0. The molecule has 6 nitrogen and oxygen atoms in total. The number of ether oxygens (including phenoxy) is 2. The van der Waals surface area contributed by atoms with Gasteiger partial charge >= 0.3 is 6.18 Å². The largest absolute Gasteiger partial charge is 0.493 e. The van der Waals surface area contributed by atoms with Crippen LogP contribution >= 0.6 is 22.6 Å². The number of nitrogens with zero attached hydrogens (tertiary/aromatic N) is 2. The van der Waals surface area contributed by atoms with E-state index in [1.165, 1.54) is 25.3 Å². The predicted molar refractivity (Wildman–Crippen MR) is 129 cm³/mol. The number of benzene rings is 2. The van der Waals surface area contributed by atoms with Crippen molar-refractivity contribution >= 4 is 39.3 Å². The van der Waals surface area contributed by atoms with Crippen molar-refractivity contribution in [3.05, 3.63) is 53.5 Å². The number of aromatic nitrogens is 1. The summed E-state index contributed by atoms with van der Waals surface area (Å²) in [6.45, 7) is 1.97. The first kappa shape index (κ1) is 25.7. The van der Waals surface area contributed by atoms with Crippen molar-refractivity contribution in [3.8, 4) is 11.5 Å². The molecule has 1 aliphatic heterocycles. The lowest BCUT2D eigenvalue weighted by Gasteiger charge is -2.36. The lowest BCUT2D eigenvalue weighted by atomic mass is 9.91. The van der Waals surface area contributed by atoms with Crippen LogP contribution in [0.15, 0.2) is 40.9 Å². The zero-order chi connectivity index (χ0) is 25.2. The number of fused-ring (bicyclic) bond motifs is 1. The van der Waals surface area contributed by atoms with Gasteiger partial charge in [-0.25, -0.2) is 4.39 Å². The van der Waals surface area contributed by atoms with Crippen LogP contribution in [-0.2, 0) is 0 Å². The number of carbonyl (C=O) groups is 1. The highest BCUT2D eigenvalue weighted by atomic mass is 127. The molecule has 35 heavy (non-hydrogen) atoms. The van der Waals surface area contributed by atoms with Gasteiger partial charge in [0.05, 0.1) is 23.5 Å². The highest BCUT2D eigenvalue weighted by Crippen LogP contribution is 2.37. The van der Waals surface area contributed by atoms with Crippen LogP contribution in [0.5, 0.6) is 11.5 Å². The molecule has 0 saturated carbocycles. The molecule has 0 bridgehead atoms. The van der Waals surface area contributed by atoms with Crippen molar-refractivity contribution in [3.63, 3.8) is 0 Å². The molecular formula is C24H23F4IN2O4. The summed E-state index contributed by atoms with van der Waals surface area (Å²) < 4.78 is 67.8.